The molecule has 2 aromatic rings. The summed E-state index contributed by atoms with van der Waals surface area (Å²) in [5.41, 5.74) is 1.33. The van der Waals surface area contributed by atoms with E-state index in [1.54, 1.807) is 0 Å². The van der Waals surface area contributed by atoms with Crippen LogP contribution in [0.4, 0.5) is 0 Å². The Labute approximate surface area is 129 Å². The Bertz CT molecular complexity index is 536. The van der Waals surface area contributed by atoms with E-state index in [4.69, 9.17) is 0 Å². The van der Waals surface area contributed by atoms with E-state index in [0.29, 0.717) is 6.04 Å². The molecule has 3 nitrogen and oxygen atoms in total. The van der Waals surface area contributed by atoms with E-state index in [0.717, 1.165) is 31.6 Å². The van der Waals surface area contributed by atoms with E-state index in [1.165, 1.54) is 10.0 Å². The molecule has 4 heteroatoms. The molecular formula is C16H22BrN3. The van der Waals surface area contributed by atoms with Gasteiger partial charge in [0.25, 0.3) is 0 Å². The lowest BCUT2D eigenvalue weighted by molar-refractivity contribution is 0.490. The third-order valence-corrected chi connectivity index (χ3v) is 4.22. The highest BCUT2D eigenvalue weighted by Gasteiger charge is 2.14. The van der Waals surface area contributed by atoms with Crippen molar-refractivity contribution in [3.05, 3.63) is 52.5 Å². The van der Waals surface area contributed by atoms with Gasteiger partial charge in [0.05, 0.1) is 0 Å². The standard InChI is InChI=1S/C16H22BrN3/c1-3-10-18-15(13-6-4-5-7-14(13)17)8-9-16-19-11-12-20(16)2/h4-7,11-12,15,18H,3,8-10H2,1-2H3. The Morgan fingerprint density at radius 2 is 2.15 bits per heavy atom. The van der Waals surface area contributed by atoms with Crippen LogP contribution >= 0.6 is 15.9 Å². The molecule has 0 spiro atoms. The predicted molar refractivity (Wildman–Crippen MR) is 86.7 cm³/mol. The molecule has 1 heterocycles. The molecule has 0 aliphatic rings. The Balaban J connectivity index is 2.08. The highest BCUT2D eigenvalue weighted by molar-refractivity contribution is 9.10. The number of benzene rings is 1. The van der Waals surface area contributed by atoms with Crippen LogP contribution in [0, 0.1) is 0 Å². The average molecular weight is 336 g/mol. The number of halogens is 1. The first-order valence-corrected chi connectivity index (χ1v) is 7.95. The maximum absolute atomic E-state index is 4.41. The van der Waals surface area contributed by atoms with E-state index in [2.05, 4.69) is 69.0 Å². The summed E-state index contributed by atoms with van der Waals surface area (Å²) >= 11 is 3.66. The van der Waals surface area contributed by atoms with Gasteiger partial charge in [-0.3, -0.25) is 0 Å². The molecule has 0 aliphatic carbocycles. The predicted octanol–water partition coefficient (Wildman–Crippen LogP) is 3.86. The van der Waals surface area contributed by atoms with Gasteiger partial charge >= 0.3 is 0 Å². The zero-order valence-corrected chi connectivity index (χ0v) is 13.7. The molecule has 1 atom stereocenters. The van der Waals surface area contributed by atoms with Gasteiger partial charge in [0.15, 0.2) is 0 Å². The molecule has 0 aliphatic heterocycles. The Morgan fingerprint density at radius 3 is 2.80 bits per heavy atom. The quantitative estimate of drug-likeness (QED) is 0.832. The minimum atomic E-state index is 0.363. The van der Waals surface area contributed by atoms with Crippen LogP contribution in [0.3, 0.4) is 0 Å². The van der Waals surface area contributed by atoms with Crippen molar-refractivity contribution in [1.29, 1.82) is 0 Å². The van der Waals surface area contributed by atoms with Gasteiger partial charge < -0.3 is 9.88 Å². The molecule has 1 N–H and O–H groups in total. The van der Waals surface area contributed by atoms with Gasteiger partial charge in [0.2, 0.25) is 0 Å². The largest absolute Gasteiger partial charge is 0.338 e. The number of nitrogens with one attached hydrogen (secondary N) is 1. The molecular weight excluding hydrogens is 314 g/mol. The van der Waals surface area contributed by atoms with Crippen LogP contribution in [0.15, 0.2) is 41.1 Å². The topological polar surface area (TPSA) is 29.9 Å². The summed E-state index contributed by atoms with van der Waals surface area (Å²) in [5.74, 6) is 1.14. The Hall–Kier alpha value is -1.13. The van der Waals surface area contributed by atoms with Crippen molar-refractivity contribution in [3.63, 3.8) is 0 Å². The van der Waals surface area contributed by atoms with Gasteiger partial charge in [-0.1, -0.05) is 41.1 Å². The van der Waals surface area contributed by atoms with Crippen molar-refractivity contribution in [2.24, 2.45) is 7.05 Å². The number of hydrogen-bond acceptors (Lipinski definition) is 2. The summed E-state index contributed by atoms with van der Waals surface area (Å²) in [5, 5.41) is 3.64. The maximum Gasteiger partial charge on any atom is 0.108 e. The Morgan fingerprint density at radius 1 is 1.35 bits per heavy atom. The van der Waals surface area contributed by atoms with Crippen molar-refractivity contribution in [3.8, 4) is 0 Å². The fourth-order valence-electron chi connectivity index (χ4n) is 2.35. The molecule has 20 heavy (non-hydrogen) atoms. The molecule has 1 unspecified atom stereocenters. The van der Waals surface area contributed by atoms with Gasteiger partial charge in [-0.25, -0.2) is 4.98 Å². The lowest BCUT2D eigenvalue weighted by Gasteiger charge is -2.20. The second-order valence-electron chi connectivity index (χ2n) is 5.02. The summed E-state index contributed by atoms with van der Waals surface area (Å²) < 4.78 is 3.27. The van der Waals surface area contributed by atoms with Gasteiger partial charge in [0, 0.05) is 36.4 Å². The molecule has 0 radical (unpaired) electrons. The molecule has 1 aromatic carbocycles. The number of hydrogen-bond donors (Lipinski definition) is 1. The minimum absolute atomic E-state index is 0.363. The molecule has 0 amide bonds. The van der Waals surface area contributed by atoms with Crippen LogP contribution in [0.25, 0.3) is 0 Å². The molecule has 108 valence electrons. The van der Waals surface area contributed by atoms with Gasteiger partial charge in [-0.2, -0.15) is 0 Å². The fraction of sp³-hybridized carbons (Fsp3) is 0.438. The van der Waals surface area contributed by atoms with Crippen LogP contribution in [0.2, 0.25) is 0 Å². The Kier molecular flexibility index (Phi) is 5.80. The van der Waals surface area contributed by atoms with Gasteiger partial charge in [-0.15, -0.1) is 0 Å². The molecule has 0 saturated carbocycles. The molecule has 0 fully saturated rings. The van der Waals surface area contributed by atoms with Crippen molar-refractivity contribution in [1.82, 2.24) is 14.9 Å². The summed E-state index contributed by atoms with van der Waals surface area (Å²) in [6, 6.07) is 8.82. The van der Waals surface area contributed by atoms with Crippen LogP contribution in [-0.2, 0) is 13.5 Å². The highest BCUT2D eigenvalue weighted by Crippen LogP contribution is 2.26. The van der Waals surface area contributed by atoms with Crippen molar-refractivity contribution in [2.45, 2.75) is 32.2 Å². The van der Waals surface area contributed by atoms with Gasteiger partial charge in [0.1, 0.15) is 5.82 Å². The number of aromatic nitrogens is 2. The normalized spacial score (nSPS) is 12.6. The number of rotatable bonds is 7. The summed E-state index contributed by atoms with van der Waals surface area (Å²) in [6.45, 7) is 3.23. The second kappa shape index (κ2) is 7.60. The zero-order valence-electron chi connectivity index (χ0n) is 12.1. The van der Waals surface area contributed by atoms with E-state index in [9.17, 15) is 0 Å². The lowest BCUT2D eigenvalue weighted by atomic mass is 10.0. The fourth-order valence-corrected chi connectivity index (χ4v) is 2.92. The van der Waals surface area contributed by atoms with Gasteiger partial charge in [-0.05, 0) is 31.0 Å². The third-order valence-electron chi connectivity index (χ3n) is 3.50. The first-order chi connectivity index (χ1) is 9.72. The monoisotopic (exact) mass is 335 g/mol. The van der Waals surface area contributed by atoms with E-state index < -0.39 is 0 Å². The first kappa shape index (κ1) is 15.3. The number of aryl methyl sites for hydroxylation is 2. The maximum atomic E-state index is 4.41. The zero-order chi connectivity index (χ0) is 14.4. The van der Waals surface area contributed by atoms with Crippen LogP contribution in [0.5, 0.6) is 0 Å². The third kappa shape index (κ3) is 3.93. The van der Waals surface area contributed by atoms with Crippen LogP contribution in [0.1, 0.15) is 37.2 Å². The number of imidazole rings is 1. The van der Waals surface area contributed by atoms with Crippen molar-refractivity contribution < 1.29 is 0 Å². The van der Waals surface area contributed by atoms with Crippen LogP contribution in [-0.4, -0.2) is 16.1 Å². The highest BCUT2D eigenvalue weighted by atomic mass is 79.9. The summed E-state index contributed by atoms with van der Waals surface area (Å²) in [4.78, 5) is 4.41. The van der Waals surface area contributed by atoms with Crippen LogP contribution < -0.4 is 5.32 Å². The number of nitrogens with zero attached hydrogens (tertiary/aromatic N) is 2. The SMILES string of the molecule is CCCNC(CCc1nccn1C)c1ccccc1Br. The molecule has 1 aromatic heterocycles. The first-order valence-electron chi connectivity index (χ1n) is 7.16. The average Bonchev–Trinajstić information content (AvgIpc) is 2.86. The molecule has 0 saturated heterocycles. The smallest absolute Gasteiger partial charge is 0.108 e. The summed E-state index contributed by atoms with van der Waals surface area (Å²) in [7, 11) is 2.05. The molecule has 2 rings (SSSR count). The van der Waals surface area contributed by atoms with E-state index in [-0.39, 0.29) is 0 Å². The van der Waals surface area contributed by atoms with Crippen molar-refractivity contribution in [2.75, 3.05) is 6.54 Å². The summed E-state index contributed by atoms with van der Waals surface area (Å²) in [6.07, 6.45) is 7.04. The molecule has 0 bridgehead atoms. The minimum Gasteiger partial charge on any atom is -0.338 e. The second-order valence-corrected chi connectivity index (χ2v) is 5.88. The lowest BCUT2D eigenvalue weighted by Crippen LogP contribution is -2.23. The van der Waals surface area contributed by atoms with E-state index in [1.807, 2.05) is 12.4 Å². The van der Waals surface area contributed by atoms with Crippen molar-refractivity contribution >= 4 is 15.9 Å². The van der Waals surface area contributed by atoms with E-state index >= 15 is 0 Å².